The lowest BCUT2D eigenvalue weighted by Crippen LogP contribution is -2.33. The molecule has 6 nitrogen and oxygen atoms in total. The van der Waals surface area contributed by atoms with Crippen molar-refractivity contribution in [3.63, 3.8) is 0 Å². The van der Waals surface area contributed by atoms with Gasteiger partial charge in [-0.25, -0.2) is 13.2 Å². The maximum absolute atomic E-state index is 13.3. The summed E-state index contributed by atoms with van der Waals surface area (Å²) in [7, 11) is -4.83. The van der Waals surface area contributed by atoms with E-state index < -0.39 is 76.0 Å². The summed E-state index contributed by atoms with van der Waals surface area (Å²) in [6, 6.07) is 4.61. The number of carbonyl (C=O) groups excluding carboxylic acids is 1. The van der Waals surface area contributed by atoms with Gasteiger partial charge in [0.25, 0.3) is 0 Å². The summed E-state index contributed by atoms with van der Waals surface area (Å²) in [6.45, 7) is 4.94. The van der Waals surface area contributed by atoms with E-state index in [1.807, 2.05) is 0 Å². The molecule has 1 saturated carbocycles. The molecule has 1 aliphatic carbocycles. The van der Waals surface area contributed by atoms with Gasteiger partial charge in [0.15, 0.2) is 9.84 Å². The summed E-state index contributed by atoms with van der Waals surface area (Å²) in [5, 5.41) is 12.9. The Kier molecular flexibility index (Phi) is 4.02. The molecule has 0 aromatic heterocycles. The van der Waals surface area contributed by atoms with Crippen LogP contribution in [0.5, 0.6) is 0 Å². The van der Waals surface area contributed by atoms with Gasteiger partial charge in [-0.3, -0.25) is 0 Å². The van der Waals surface area contributed by atoms with Crippen molar-refractivity contribution in [3.8, 4) is 0 Å². The second-order valence-electron chi connectivity index (χ2n) is 7.17. The Bertz CT molecular complexity index is 1170. The van der Waals surface area contributed by atoms with Crippen LogP contribution in [0.1, 0.15) is 85.8 Å². The van der Waals surface area contributed by atoms with Crippen LogP contribution < -0.4 is 5.32 Å². The zero-order valence-electron chi connectivity index (χ0n) is 27.0. The van der Waals surface area contributed by atoms with Gasteiger partial charge in [-0.15, -0.1) is 0 Å². The van der Waals surface area contributed by atoms with Crippen molar-refractivity contribution < 1.29 is 38.1 Å². The first-order valence-electron chi connectivity index (χ1n) is 14.2. The molecule has 1 unspecified atom stereocenters. The third-order valence-electron chi connectivity index (χ3n) is 3.57. The van der Waals surface area contributed by atoms with E-state index in [-0.39, 0.29) is 18.5 Å². The van der Waals surface area contributed by atoms with Gasteiger partial charge in [-0.2, -0.15) is 0 Å². The van der Waals surface area contributed by atoms with Crippen LogP contribution in [-0.4, -0.2) is 37.5 Å². The van der Waals surface area contributed by atoms with Gasteiger partial charge in [-0.1, -0.05) is 31.3 Å². The number of amides is 1. The fourth-order valence-corrected chi connectivity index (χ4v) is 3.62. The topological polar surface area (TPSA) is 92.7 Å². The minimum Gasteiger partial charge on any atom is -0.444 e. The molecule has 0 saturated heterocycles. The Balaban J connectivity index is 2.38. The highest BCUT2D eigenvalue weighted by molar-refractivity contribution is 7.91. The van der Waals surface area contributed by atoms with E-state index in [0.29, 0.717) is 0 Å². The fraction of sp³-hybridized carbons (Fsp3) is 0.667. The molecule has 1 aliphatic rings. The molecule has 0 heterocycles. The fourth-order valence-electron chi connectivity index (χ4n) is 2.33. The number of rotatable bonds is 7. The van der Waals surface area contributed by atoms with Gasteiger partial charge in [0, 0.05) is 21.6 Å². The van der Waals surface area contributed by atoms with E-state index in [0.717, 1.165) is 12.1 Å². The average molecular weight is 423 g/mol. The summed E-state index contributed by atoms with van der Waals surface area (Å²) in [6.07, 6.45) is -21.1. The molecule has 2 rings (SSSR count). The lowest BCUT2D eigenvalue weighted by molar-refractivity contribution is 0.0518. The Morgan fingerprint density at radius 1 is 1.36 bits per heavy atom. The molecule has 28 heavy (non-hydrogen) atoms. The maximum Gasteiger partial charge on any atom is 0.407 e. The van der Waals surface area contributed by atoms with Crippen LogP contribution in [0.3, 0.4) is 0 Å². The number of benzene rings is 1. The van der Waals surface area contributed by atoms with Crippen molar-refractivity contribution in [2.75, 3.05) is 12.3 Å². The summed E-state index contributed by atoms with van der Waals surface area (Å²) in [4.78, 5) is 11.2. The Morgan fingerprint density at radius 3 is 2.68 bits per heavy atom. The molecule has 7 heteroatoms. The van der Waals surface area contributed by atoms with Gasteiger partial charge >= 0.3 is 6.09 Å². The van der Waals surface area contributed by atoms with Crippen molar-refractivity contribution in [2.24, 2.45) is 5.89 Å². The van der Waals surface area contributed by atoms with Gasteiger partial charge in [-0.05, 0) is 63.5 Å². The molecular weight excluding hydrogens is 378 g/mol. The van der Waals surface area contributed by atoms with E-state index in [1.54, 1.807) is 20.8 Å². The molecule has 0 radical (unpaired) electrons. The van der Waals surface area contributed by atoms with Crippen LogP contribution in [-0.2, 0) is 14.6 Å². The summed E-state index contributed by atoms with van der Waals surface area (Å²) in [5.41, 5.74) is -0.690. The molecule has 0 spiro atoms. The zero-order valence-corrected chi connectivity index (χ0v) is 16.8. The normalized spacial score (nSPS) is 33.1. The minimum atomic E-state index is -4.83. The number of hydrogen-bond donors (Lipinski definition) is 2. The van der Waals surface area contributed by atoms with Crippen LogP contribution in [0, 0.1) is 5.89 Å². The average Bonchev–Trinajstić information content (AvgIpc) is 2.76. The predicted molar refractivity (Wildman–Crippen MR) is 109 cm³/mol. The van der Waals surface area contributed by atoms with Crippen molar-refractivity contribution in [1.29, 1.82) is 0 Å². The van der Waals surface area contributed by atoms with Crippen LogP contribution in [0.2, 0.25) is 0 Å². The van der Waals surface area contributed by atoms with E-state index >= 15 is 0 Å². The number of alkyl carbamates (subject to hydrolysis) is 1. The lowest BCUT2D eigenvalue weighted by atomic mass is 9.91. The van der Waals surface area contributed by atoms with E-state index in [4.69, 9.17) is 19.8 Å². The Morgan fingerprint density at radius 2 is 2.04 bits per heavy atom. The van der Waals surface area contributed by atoms with Crippen molar-refractivity contribution in [3.05, 3.63) is 29.8 Å². The molecule has 1 amide bonds. The van der Waals surface area contributed by atoms with E-state index in [9.17, 15) is 18.3 Å². The second-order valence-corrected chi connectivity index (χ2v) is 9.16. The van der Waals surface area contributed by atoms with Gasteiger partial charge in [0.1, 0.15) is 5.60 Å². The Hall–Kier alpha value is -1.60. The summed E-state index contributed by atoms with van der Waals surface area (Å²) >= 11 is 0. The Labute approximate surface area is 184 Å². The molecule has 1 aromatic rings. The van der Waals surface area contributed by atoms with Crippen LogP contribution in [0.15, 0.2) is 29.2 Å². The largest absolute Gasteiger partial charge is 0.444 e. The van der Waals surface area contributed by atoms with Crippen molar-refractivity contribution in [1.82, 2.24) is 5.32 Å². The number of aliphatic hydroxyl groups excluding tert-OH is 1. The van der Waals surface area contributed by atoms with Crippen LogP contribution in [0.25, 0.3) is 0 Å². The number of nitrogens with one attached hydrogen (secondary N) is 1. The van der Waals surface area contributed by atoms with E-state index in [1.165, 1.54) is 12.1 Å². The third-order valence-corrected chi connectivity index (χ3v) is 5.21. The van der Waals surface area contributed by atoms with Gasteiger partial charge < -0.3 is 15.2 Å². The first-order valence-corrected chi connectivity index (χ1v) is 10.3. The zero-order chi connectivity index (χ0) is 30.7. The first kappa shape index (κ1) is 11.6. The molecule has 0 aliphatic heterocycles. The molecular formula is C21H33NO5S. The monoisotopic (exact) mass is 422 g/mol. The second kappa shape index (κ2) is 9.74. The number of aliphatic hydroxyl groups is 1. The number of carbonyl (C=O) groups is 1. The van der Waals surface area contributed by atoms with Crippen molar-refractivity contribution >= 4 is 15.9 Å². The number of ether oxygens (including phenoxy) is 1. The molecule has 2 N–H and O–H groups in total. The SMILES string of the molecule is [2H]C1([2H])C([2H])([2H])C([2H])([2H])C([2H])(CS(=O)(=O)c2cccc(C(O)CCNC(=O)OC(C)(C)C)c2)C([2H])([2H])C1([2H])[2H]. The van der Waals surface area contributed by atoms with Crippen molar-refractivity contribution in [2.45, 2.75) is 75.7 Å². The lowest BCUT2D eigenvalue weighted by Gasteiger charge is -2.21. The summed E-state index contributed by atoms with van der Waals surface area (Å²) in [5.74, 6) is -5.36. The molecule has 1 atom stereocenters. The number of sulfone groups is 1. The van der Waals surface area contributed by atoms with Gasteiger partial charge in [0.05, 0.1) is 16.8 Å². The highest BCUT2D eigenvalue weighted by atomic mass is 32.2. The van der Waals surface area contributed by atoms with E-state index in [2.05, 4.69) is 5.32 Å². The molecule has 1 fully saturated rings. The standard InChI is InChI=1S/C21H33NO5S/c1-21(2,3)27-20(24)22-13-12-19(23)17-10-7-11-18(14-17)28(25,26)15-16-8-5-4-6-9-16/h7,10-11,14,16,19,23H,4-6,8-9,12-13,15H2,1-3H3,(H,22,24)/i4D2,5D2,6D2,8D2,9D2,16D. The molecule has 1 aromatic carbocycles. The highest BCUT2D eigenvalue weighted by Gasteiger charge is 2.24. The maximum atomic E-state index is 13.3. The van der Waals surface area contributed by atoms with Gasteiger partial charge in [0.2, 0.25) is 0 Å². The number of hydrogen-bond acceptors (Lipinski definition) is 5. The molecule has 0 bridgehead atoms. The van der Waals surface area contributed by atoms with Crippen LogP contribution in [0.4, 0.5) is 4.79 Å². The highest BCUT2D eigenvalue weighted by Crippen LogP contribution is 2.28. The quantitative estimate of drug-likeness (QED) is 0.693. The summed E-state index contributed by atoms with van der Waals surface area (Å²) < 4.78 is 121. The smallest absolute Gasteiger partial charge is 0.407 e. The molecule has 158 valence electrons. The van der Waals surface area contributed by atoms with Crippen LogP contribution >= 0.6 is 0 Å². The first-order chi connectivity index (χ1) is 17.2. The third kappa shape index (κ3) is 7.43. The predicted octanol–water partition coefficient (Wildman–Crippen LogP) is 3.99. The minimum absolute atomic E-state index is 0.0462.